The Balaban J connectivity index is 1.51. The summed E-state index contributed by atoms with van der Waals surface area (Å²) in [6, 6.07) is 0. The lowest BCUT2D eigenvalue weighted by molar-refractivity contribution is 0.190. The molecule has 4 nitrogen and oxygen atoms in total. The summed E-state index contributed by atoms with van der Waals surface area (Å²) < 4.78 is 1.85. The van der Waals surface area contributed by atoms with Crippen LogP contribution >= 0.6 is 0 Å². The summed E-state index contributed by atoms with van der Waals surface area (Å²) >= 11 is 0. The highest BCUT2D eigenvalue weighted by molar-refractivity contribution is 5.02. The summed E-state index contributed by atoms with van der Waals surface area (Å²) in [5.41, 5.74) is 1.27. The van der Waals surface area contributed by atoms with Gasteiger partial charge in [0.05, 0.1) is 6.20 Å². The number of hydrogen-bond donors (Lipinski definition) is 1. The van der Waals surface area contributed by atoms with Crippen LogP contribution in [0.25, 0.3) is 0 Å². The Labute approximate surface area is 110 Å². The molecule has 1 aromatic rings. The van der Waals surface area contributed by atoms with E-state index in [-0.39, 0.29) is 0 Å². The monoisotopic (exact) mass is 250 g/mol. The molecule has 102 valence electrons. The van der Waals surface area contributed by atoms with Crippen molar-refractivity contribution in [3.05, 3.63) is 18.0 Å². The number of rotatable bonds is 6. The van der Waals surface area contributed by atoms with Crippen molar-refractivity contribution in [2.45, 2.75) is 32.7 Å². The summed E-state index contributed by atoms with van der Waals surface area (Å²) in [4.78, 5) is 2.60. The molecule has 0 aromatic carbocycles. The molecule has 1 saturated heterocycles. The fourth-order valence-corrected chi connectivity index (χ4v) is 2.51. The number of aryl methyl sites for hydroxylation is 1. The third-order valence-electron chi connectivity index (χ3n) is 3.79. The van der Waals surface area contributed by atoms with E-state index in [1.54, 1.807) is 0 Å². The molecule has 0 radical (unpaired) electrons. The number of hydrogen-bond acceptors (Lipinski definition) is 3. The second-order valence-corrected chi connectivity index (χ2v) is 5.58. The molecule has 1 fully saturated rings. The van der Waals surface area contributed by atoms with Crippen LogP contribution in [0, 0.1) is 5.92 Å². The van der Waals surface area contributed by atoms with Crippen LogP contribution in [0.1, 0.15) is 31.7 Å². The zero-order valence-electron chi connectivity index (χ0n) is 11.7. The first-order valence-electron chi connectivity index (χ1n) is 7.14. The molecule has 0 atom stereocenters. The van der Waals surface area contributed by atoms with E-state index in [0.29, 0.717) is 0 Å². The van der Waals surface area contributed by atoms with E-state index in [9.17, 15) is 0 Å². The molecule has 1 N–H and O–H groups in total. The first kappa shape index (κ1) is 13.6. The number of piperidine rings is 1. The Morgan fingerprint density at radius 2 is 2.17 bits per heavy atom. The summed E-state index contributed by atoms with van der Waals surface area (Å²) in [6.07, 6.45) is 8.00. The van der Waals surface area contributed by atoms with Crippen LogP contribution < -0.4 is 5.32 Å². The number of nitrogens with zero attached hydrogens (tertiary/aromatic N) is 3. The highest BCUT2D eigenvalue weighted by Gasteiger charge is 2.14. The minimum Gasteiger partial charge on any atom is -0.313 e. The van der Waals surface area contributed by atoms with Gasteiger partial charge in [0.1, 0.15) is 0 Å². The Kier molecular flexibility index (Phi) is 5.20. The van der Waals surface area contributed by atoms with Crippen molar-refractivity contribution < 1.29 is 0 Å². The molecule has 4 heteroatoms. The van der Waals surface area contributed by atoms with Crippen molar-refractivity contribution in [1.82, 2.24) is 20.0 Å². The van der Waals surface area contributed by atoms with E-state index in [0.717, 1.165) is 19.0 Å². The molecular formula is C14H26N4. The molecule has 2 heterocycles. The van der Waals surface area contributed by atoms with Crippen LogP contribution in [0.5, 0.6) is 0 Å². The summed E-state index contributed by atoms with van der Waals surface area (Å²) in [5, 5.41) is 7.65. The van der Waals surface area contributed by atoms with E-state index in [2.05, 4.69) is 28.4 Å². The van der Waals surface area contributed by atoms with E-state index < -0.39 is 0 Å². The second-order valence-electron chi connectivity index (χ2n) is 5.58. The first-order chi connectivity index (χ1) is 8.74. The number of likely N-dealkylation sites (tertiary alicyclic amines) is 1. The second kappa shape index (κ2) is 6.90. The van der Waals surface area contributed by atoms with Crippen LogP contribution in [0.15, 0.2) is 12.4 Å². The smallest absolute Gasteiger partial charge is 0.0534 e. The van der Waals surface area contributed by atoms with Crippen LogP contribution in [-0.4, -0.2) is 40.9 Å². The van der Waals surface area contributed by atoms with E-state index >= 15 is 0 Å². The molecule has 1 aromatic heterocycles. The molecule has 0 aliphatic carbocycles. The minimum atomic E-state index is 0.935. The van der Waals surface area contributed by atoms with Gasteiger partial charge in [0.25, 0.3) is 0 Å². The average Bonchev–Trinajstić information content (AvgIpc) is 2.77. The predicted octanol–water partition coefficient (Wildman–Crippen LogP) is 1.63. The fraction of sp³-hybridized carbons (Fsp3) is 0.786. The van der Waals surface area contributed by atoms with Crippen molar-refractivity contribution in [2.75, 3.05) is 26.2 Å². The van der Waals surface area contributed by atoms with Gasteiger partial charge in [-0.1, -0.05) is 6.92 Å². The van der Waals surface area contributed by atoms with Crippen LogP contribution in [-0.2, 0) is 13.6 Å². The van der Waals surface area contributed by atoms with Crippen molar-refractivity contribution in [1.29, 1.82) is 0 Å². The average molecular weight is 250 g/mol. The summed E-state index contributed by atoms with van der Waals surface area (Å²) in [6.45, 7) is 8.24. The van der Waals surface area contributed by atoms with Crippen LogP contribution in [0.3, 0.4) is 0 Å². The maximum atomic E-state index is 4.16. The topological polar surface area (TPSA) is 33.1 Å². The molecular weight excluding hydrogens is 224 g/mol. The highest BCUT2D eigenvalue weighted by Crippen LogP contribution is 2.15. The Hall–Kier alpha value is -0.870. The van der Waals surface area contributed by atoms with Crippen molar-refractivity contribution in [3.63, 3.8) is 0 Å². The zero-order valence-corrected chi connectivity index (χ0v) is 11.7. The van der Waals surface area contributed by atoms with Gasteiger partial charge in [-0.05, 0) is 51.4 Å². The van der Waals surface area contributed by atoms with E-state index in [1.807, 2.05) is 17.9 Å². The molecule has 0 saturated carbocycles. The molecule has 1 aliphatic rings. The highest BCUT2D eigenvalue weighted by atomic mass is 15.2. The Morgan fingerprint density at radius 1 is 1.39 bits per heavy atom. The SMILES string of the molecule is CC1CCN(CCCNCc2cnn(C)c2)CC1. The minimum absolute atomic E-state index is 0.935. The van der Waals surface area contributed by atoms with Crippen molar-refractivity contribution >= 4 is 0 Å². The molecule has 18 heavy (non-hydrogen) atoms. The molecule has 0 spiro atoms. The third kappa shape index (κ3) is 4.42. The van der Waals surface area contributed by atoms with Gasteiger partial charge in [-0.3, -0.25) is 4.68 Å². The normalized spacial score (nSPS) is 18.3. The van der Waals surface area contributed by atoms with Gasteiger partial charge in [0.15, 0.2) is 0 Å². The number of nitrogens with one attached hydrogen (secondary N) is 1. The largest absolute Gasteiger partial charge is 0.313 e. The molecule has 1 aliphatic heterocycles. The van der Waals surface area contributed by atoms with Crippen LogP contribution in [0.2, 0.25) is 0 Å². The summed E-state index contributed by atoms with van der Waals surface area (Å²) in [5.74, 6) is 0.935. The quantitative estimate of drug-likeness (QED) is 0.779. The lowest BCUT2D eigenvalue weighted by Gasteiger charge is -2.30. The van der Waals surface area contributed by atoms with E-state index in [4.69, 9.17) is 0 Å². The van der Waals surface area contributed by atoms with Gasteiger partial charge in [0.2, 0.25) is 0 Å². The van der Waals surface area contributed by atoms with Gasteiger partial charge in [-0.15, -0.1) is 0 Å². The zero-order chi connectivity index (χ0) is 12.8. The third-order valence-corrected chi connectivity index (χ3v) is 3.79. The summed E-state index contributed by atoms with van der Waals surface area (Å²) in [7, 11) is 1.96. The van der Waals surface area contributed by atoms with Gasteiger partial charge < -0.3 is 10.2 Å². The van der Waals surface area contributed by atoms with E-state index in [1.165, 1.54) is 44.5 Å². The maximum Gasteiger partial charge on any atom is 0.0534 e. The standard InChI is InChI=1S/C14H26N4/c1-13-4-8-18(9-5-13)7-3-6-15-10-14-11-16-17(2)12-14/h11-13,15H,3-10H2,1-2H3. The van der Waals surface area contributed by atoms with Gasteiger partial charge >= 0.3 is 0 Å². The molecule has 0 bridgehead atoms. The van der Waals surface area contributed by atoms with Crippen LogP contribution in [0.4, 0.5) is 0 Å². The Bertz CT molecular complexity index is 339. The first-order valence-corrected chi connectivity index (χ1v) is 7.14. The van der Waals surface area contributed by atoms with Crippen molar-refractivity contribution in [3.8, 4) is 0 Å². The molecule has 0 amide bonds. The lowest BCUT2D eigenvalue weighted by Crippen LogP contribution is -2.34. The lowest BCUT2D eigenvalue weighted by atomic mass is 9.99. The van der Waals surface area contributed by atoms with Gasteiger partial charge in [-0.2, -0.15) is 5.10 Å². The maximum absolute atomic E-state index is 4.16. The van der Waals surface area contributed by atoms with Gasteiger partial charge in [0, 0.05) is 25.4 Å². The van der Waals surface area contributed by atoms with Gasteiger partial charge in [-0.25, -0.2) is 0 Å². The predicted molar refractivity (Wildman–Crippen MR) is 74.4 cm³/mol. The molecule has 0 unspecified atom stereocenters. The fourth-order valence-electron chi connectivity index (χ4n) is 2.51. The number of aromatic nitrogens is 2. The molecule has 2 rings (SSSR count). The Morgan fingerprint density at radius 3 is 2.83 bits per heavy atom. The van der Waals surface area contributed by atoms with Crippen molar-refractivity contribution in [2.24, 2.45) is 13.0 Å².